The highest BCUT2D eigenvalue weighted by Gasteiger charge is 2.35. The van der Waals surface area contributed by atoms with Gasteiger partial charge in [-0.05, 0) is 68.1 Å². The SMILES string of the molecule is Cl.O=C(O)COc1ccc(N2CCN(CCC3CCNCC3)C(=O)[C@H]2Cc2ccccc2)cc1. The molecule has 2 aromatic carbocycles. The molecule has 0 saturated carbocycles. The number of hydrogen-bond acceptors (Lipinski definition) is 5. The van der Waals surface area contributed by atoms with Crippen LogP contribution in [0.25, 0.3) is 0 Å². The van der Waals surface area contributed by atoms with E-state index in [2.05, 4.69) is 27.2 Å². The van der Waals surface area contributed by atoms with Gasteiger partial charge in [-0.3, -0.25) is 4.79 Å². The zero-order chi connectivity index (χ0) is 23.0. The quantitative estimate of drug-likeness (QED) is 0.565. The Morgan fingerprint density at radius 2 is 1.74 bits per heavy atom. The second-order valence-corrected chi connectivity index (χ2v) is 8.88. The van der Waals surface area contributed by atoms with E-state index < -0.39 is 5.97 Å². The van der Waals surface area contributed by atoms with Crippen molar-refractivity contribution in [2.75, 3.05) is 44.2 Å². The van der Waals surface area contributed by atoms with Crippen LogP contribution in [0.2, 0.25) is 0 Å². The van der Waals surface area contributed by atoms with Gasteiger partial charge in [0.05, 0.1) is 0 Å². The van der Waals surface area contributed by atoms with Gasteiger partial charge in [-0.15, -0.1) is 12.4 Å². The molecular weight excluding hydrogens is 454 g/mol. The fourth-order valence-electron chi connectivity index (χ4n) is 4.79. The molecular formula is C26H34ClN3O4. The Kier molecular flexibility index (Phi) is 9.60. The van der Waals surface area contributed by atoms with Crippen LogP contribution in [-0.2, 0) is 16.0 Å². The van der Waals surface area contributed by atoms with Crippen molar-refractivity contribution in [3.05, 3.63) is 60.2 Å². The molecule has 1 atom stereocenters. The van der Waals surface area contributed by atoms with Crippen LogP contribution in [0.15, 0.2) is 54.6 Å². The van der Waals surface area contributed by atoms with Crippen LogP contribution in [0.4, 0.5) is 5.69 Å². The Hall–Kier alpha value is -2.77. The first-order chi connectivity index (χ1) is 16.1. The minimum atomic E-state index is -1.01. The van der Waals surface area contributed by atoms with Gasteiger partial charge < -0.3 is 25.0 Å². The maximum Gasteiger partial charge on any atom is 0.341 e. The number of carboxylic acid groups (broad SMARTS) is 1. The largest absolute Gasteiger partial charge is 0.482 e. The zero-order valence-electron chi connectivity index (χ0n) is 19.4. The lowest BCUT2D eigenvalue weighted by atomic mass is 9.94. The average molecular weight is 488 g/mol. The lowest BCUT2D eigenvalue weighted by molar-refractivity contribution is -0.139. The number of carbonyl (C=O) groups excluding carboxylic acids is 1. The van der Waals surface area contributed by atoms with Crippen molar-refractivity contribution in [2.45, 2.75) is 31.7 Å². The third-order valence-corrected chi connectivity index (χ3v) is 6.65. The van der Waals surface area contributed by atoms with Gasteiger partial charge >= 0.3 is 5.97 Å². The molecule has 0 unspecified atom stereocenters. The lowest BCUT2D eigenvalue weighted by Gasteiger charge is -2.42. The van der Waals surface area contributed by atoms with Crippen LogP contribution >= 0.6 is 12.4 Å². The highest BCUT2D eigenvalue weighted by atomic mass is 35.5. The van der Waals surface area contributed by atoms with Gasteiger partial charge in [0.2, 0.25) is 5.91 Å². The van der Waals surface area contributed by atoms with Crippen molar-refractivity contribution in [1.29, 1.82) is 0 Å². The molecule has 0 bridgehead atoms. The number of nitrogens with one attached hydrogen (secondary N) is 1. The van der Waals surface area contributed by atoms with Crippen LogP contribution in [0.5, 0.6) is 5.75 Å². The number of ether oxygens (including phenoxy) is 1. The van der Waals surface area contributed by atoms with E-state index >= 15 is 0 Å². The minimum Gasteiger partial charge on any atom is -0.482 e. The summed E-state index contributed by atoms with van der Waals surface area (Å²) in [6.45, 7) is 4.09. The van der Waals surface area contributed by atoms with Crippen molar-refractivity contribution in [2.24, 2.45) is 5.92 Å². The van der Waals surface area contributed by atoms with Crippen LogP contribution in [0, 0.1) is 5.92 Å². The molecule has 0 spiro atoms. The standard InChI is InChI=1S/C26H33N3O4.ClH/c30-25(31)19-33-23-8-6-22(7-9-23)29-17-16-28(15-12-20-10-13-27-14-11-20)26(32)24(29)18-21-4-2-1-3-5-21;/h1-9,20,24,27H,10-19H2,(H,30,31);1H/t24-;/m1./s1. The van der Waals surface area contributed by atoms with Crippen LogP contribution in [0.3, 0.4) is 0 Å². The first kappa shape index (κ1) is 25.8. The number of anilines is 1. The highest BCUT2D eigenvalue weighted by molar-refractivity contribution is 5.87. The Balaban J connectivity index is 0.00000324. The predicted octanol–water partition coefficient (Wildman–Crippen LogP) is 3.22. The Bertz CT molecular complexity index is 919. The topological polar surface area (TPSA) is 82.1 Å². The van der Waals surface area contributed by atoms with Crippen molar-refractivity contribution in [3.8, 4) is 5.75 Å². The van der Waals surface area contributed by atoms with Gasteiger partial charge in [0.15, 0.2) is 6.61 Å². The first-order valence-electron chi connectivity index (χ1n) is 11.8. The van der Waals surface area contributed by atoms with Crippen molar-refractivity contribution in [3.63, 3.8) is 0 Å². The third kappa shape index (κ3) is 6.87. The van der Waals surface area contributed by atoms with Crippen LogP contribution in [-0.4, -0.2) is 67.3 Å². The number of aliphatic carboxylic acids is 1. The Labute approximate surface area is 207 Å². The summed E-state index contributed by atoms with van der Waals surface area (Å²) in [5.41, 5.74) is 2.09. The van der Waals surface area contributed by atoms with E-state index in [0.717, 1.165) is 43.9 Å². The van der Waals surface area contributed by atoms with Gasteiger partial charge in [0.1, 0.15) is 11.8 Å². The molecule has 0 aliphatic carbocycles. The number of piperidine rings is 1. The summed E-state index contributed by atoms with van der Waals surface area (Å²) in [7, 11) is 0. The summed E-state index contributed by atoms with van der Waals surface area (Å²) in [5.74, 6) is 0.383. The molecule has 34 heavy (non-hydrogen) atoms. The molecule has 7 nitrogen and oxygen atoms in total. The number of halogens is 1. The molecule has 2 saturated heterocycles. The third-order valence-electron chi connectivity index (χ3n) is 6.65. The number of rotatable bonds is 9. The minimum absolute atomic E-state index is 0. The Morgan fingerprint density at radius 3 is 2.41 bits per heavy atom. The van der Waals surface area contributed by atoms with Crippen molar-refractivity contribution >= 4 is 30.0 Å². The van der Waals surface area contributed by atoms with E-state index in [1.54, 1.807) is 12.1 Å². The number of carboxylic acids is 1. The maximum atomic E-state index is 13.6. The Morgan fingerprint density at radius 1 is 1.03 bits per heavy atom. The maximum absolute atomic E-state index is 13.6. The number of carbonyl (C=O) groups is 2. The fourth-order valence-corrected chi connectivity index (χ4v) is 4.79. The molecule has 1 amide bonds. The molecule has 2 aromatic rings. The predicted molar refractivity (Wildman–Crippen MR) is 135 cm³/mol. The van der Waals surface area contributed by atoms with Crippen LogP contribution < -0.4 is 15.0 Å². The molecule has 2 aliphatic rings. The molecule has 0 radical (unpaired) electrons. The number of hydrogen-bond donors (Lipinski definition) is 2. The molecule has 2 fully saturated rings. The zero-order valence-corrected chi connectivity index (χ0v) is 20.2. The smallest absolute Gasteiger partial charge is 0.341 e. The summed E-state index contributed by atoms with van der Waals surface area (Å²) in [5, 5.41) is 12.2. The van der Waals surface area contributed by atoms with Crippen molar-refractivity contribution < 1.29 is 19.4 Å². The molecule has 0 aromatic heterocycles. The second kappa shape index (κ2) is 12.6. The number of piperazine rings is 1. The van der Waals surface area contributed by atoms with Gasteiger partial charge in [-0.25, -0.2) is 4.79 Å². The number of nitrogens with zero attached hydrogens (tertiary/aromatic N) is 2. The molecule has 2 heterocycles. The normalized spacial score (nSPS) is 18.9. The van der Waals surface area contributed by atoms with E-state index in [-0.39, 0.29) is 31.0 Å². The first-order valence-corrected chi connectivity index (χ1v) is 11.8. The highest BCUT2D eigenvalue weighted by Crippen LogP contribution is 2.27. The molecule has 4 rings (SSSR count). The van der Waals surface area contributed by atoms with Crippen LogP contribution in [0.1, 0.15) is 24.8 Å². The van der Waals surface area contributed by atoms with E-state index in [1.807, 2.05) is 30.3 Å². The van der Waals surface area contributed by atoms with Crippen molar-refractivity contribution in [1.82, 2.24) is 10.2 Å². The summed E-state index contributed by atoms with van der Waals surface area (Å²) in [6, 6.07) is 17.3. The number of amides is 1. The fraction of sp³-hybridized carbons (Fsp3) is 0.462. The summed E-state index contributed by atoms with van der Waals surface area (Å²) >= 11 is 0. The van der Waals surface area contributed by atoms with E-state index in [4.69, 9.17) is 9.84 Å². The molecule has 184 valence electrons. The average Bonchev–Trinajstić information content (AvgIpc) is 2.85. The van der Waals surface area contributed by atoms with Gasteiger partial charge in [0, 0.05) is 31.7 Å². The second-order valence-electron chi connectivity index (χ2n) is 8.88. The lowest BCUT2D eigenvalue weighted by Crippen LogP contribution is -2.58. The van der Waals surface area contributed by atoms with E-state index in [0.29, 0.717) is 24.6 Å². The molecule has 8 heteroatoms. The van der Waals surface area contributed by atoms with E-state index in [9.17, 15) is 9.59 Å². The summed E-state index contributed by atoms with van der Waals surface area (Å²) < 4.78 is 5.26. The molecule has 2 aliphatic heterocycles. The van der Waals surface area contributed by atoms with Gasteiger partial charge in [0.25, 0.3) is 0 Å². The van der Waals surface area contributed by atoms with Gasteiger partial charge in [-0.1, -0.05) is 30.3 Å². The summed E-state index contributed by atoms with van der Waals surface area (Å²) in [6.07, 6.45) is 4.11. The number of benzene rings is 2. The summed E-state index contributed by atoms with van der Waals surface area (Å²) in [4.78, 5) is 28.6. The van der Waals surface area contributed by atoms with E-state index in [1.165, 1.54) is 12.8 Å². The molecule has 2 N–H and O–H groups in total. The monoisotopic (exact) mass is 487 g/mol. The van der Waals surface area contributed by atoms with Gasteiger partial charge in [-0.2, -0.15) is 0 Å².